The second kappa shape index (κ2) is 10.5. The first-order valence-corrected chi connectivity index (χ1v) is 7.95. The molecule has 1 atom stereocenters. The lowest BCUT2D eigenvalue weighted by molar-refractivity contribution is -0.139. The van der Waals surface area contributed by atoms with E-state index in [4.69, 9.17) is 14.6 Å². The van der Waals surface area contributed by atoms with E-state index in [1.807, 2.05) is 0 Å². The van der Waals surface area contributed by atoms with Crippen LogP contribution in [0.25, 0.3) is 0 Å². The molecule has 1 rings (SSSR count). The molecule has 0 spiro atoms. The summed E-state index contributed by atoms with van der Waals surface area (Å²) in [6, 6.07) is 4.96. The number of amides is 2. The number of methoxy groups -OCH3 is 2. The summed E-state index contributed by atoms with van der Waals surface area (Å²) in [6.07, 6.45) is 2.23. The highest BCUT2D eigenvalue weighted by molar-refractivity contribution is 6.35. The topological polar surface area (TPSA) is 96.9 Å². The van der Waals surface area contributed by atoms with Gasteiger partial charge in [-0.25, -0.2) is 0 Å². The van der Waals surface area contributed by atoms with Crippen molar-refractivity contribution in [3.05, 3.63) is 23.8 Å². The summed E-state index contributed by atoms with van der Waals surface area (Å²) in [4.78, 5) is 23.7. The van der Waals surface area contributed by atoms with Gasteiger partial charge in [-0.2, -0.15) is 0 Å². The Morgan fingerprint density at radius 1 is 1.08 bits per heavy atom. The van der Waals surface area contributed by atoms with E-state index in [9.17, 15) is 9.59 Å². The number of unbranched alkanes of at least 4 members (excludes halogenated alkanes) is 2. The van der Waals surface area contributed by atoms with Gasteiger partial charge in [-0.3, -0.25) is 9.59 Å². The highest BCUT2D eigenvalue weighted by Crippen LogP contribution is 2.29. The molecule has 0 aromatic heterocycles. The van der Waals surface area contributed by atoms with Crippen molar-refractivity contribution >= 4 is 11.8 Å². The van der Waals surface area contributed by atoms with Crippen molar-refractivity contribution in [3.8, 4) is 11.5 Å². The van der Waals surface area contributed by atoms with Gasteiger partial charge in [0.1, 0.15) is 0 Å². The number of rotatable bonds is 9. The van der Waals surface area contributed by atoms with E-state index in [1.165, 1.54) is 7.11 Å². The third-order valence-electron chi connectivity index (χ3n) is 3.58. The molecule has 0 fully saturated rings. The molecule has 0 saturated carbocycles. The van der Waals surface area contributed by atoms with Gasteiger partial charge >= 0.3 is 11.8 Å². The van der Waals surface area contributed by atoms with Crippen LogP contribution in [0.15, 0.2) is 18.2 Å². The Hall–Kier alpha value is -2.28. The molecule has 7 heteroatoms. The van der Waals surface area contributed by atoms with Crippen LogP contribution < -0.4 is 20.1 Å². The standard InChI is InChI=1S/C17H26N2O5/c1-12(13-7-8-14(23-2)15(11-13)24-3)19-17(22)16(21)18-9-5-4-6-10-20/h7-8,11-12,20H,4-6,9-10H2,1-3H3,(H,18,21)(H,19,22). The van der Waals surface area contributed by atoms with E-state index in [0.717, 1.165) is 18.4 Å². The van der Waals surface area contributed by atoms with Crippen molar-refractivity contribution in [3.63, 3.8) is 0 Å². The molecule has 0 aliphatic heterocycles. The van der Waals surface area contributed by atoms with Gasteiger partial charge in [-0.15, -0.1) is 0 Å². The molecule has 134 valence electrons. The number of carbonyl (C=O) groups is 2. The highest BCUT2D eigenvalue weighted by Gasteiger charge is 2.17. The molecule has 1 aromatic rings. The lowest BCUT2D eigenvalue weighted by atomic mass is 10.1. The molecule has 0 radical (unpaired) electrons. The number of benzene rings is 1. The van der Waals surface area contributed by atoms with Crippen LogP contribution in [-0.4, -0.2) is 44.3 Å². The monoisotopic (exact) mass is 338 g/mol. The Bertz CT molecular complexity index is 548. The number of carbonyl (C=O) groups excluding carboxylic acids is 2. The van der Waals surface area contributed by atoms with Crippen LogP contribution in [0.1, 0.15) is 37.8 Å². The second-order valence-corrected chi connectivity index (χ2v) is 5.35. The molecule has 24 heavy (non-hydrogen) atoms. The third-order valence-corrected chi connectivity index (χ3v) is 3.58. The first-order chi connectivity index (χ1) is 11.5. The molecule has 0 saturated heterocycles. The Morgan fingerprint density at radius 3 is 2.42 bits per heavy atom. The largest absolute Gasteiger partial charge is 0.493 e. The third kappa shape index (κ3) is 6.08. The fourth-order valence-corrected chi connectivity index (χ4v) is 2.16. The summed E-state index contributed by atoms with van der Waals surface area (Å²) < 4.78 is 10.4. The summed E-state index contributed by atoms with van der Waals surface area (Å²) in [5.41, 5.74) is 0.803. The van der Waals surface area contributed by atoms with Crippen LogP contribution in [0.4, 0.5) is 0 Å². The first-order valence-electron chi connectivity index (χ1n) is 7.95. The average molecular weight is 338 g/mol. The highest BCUT2D eigenvalue weighted by atomic mass is 16.5. The van der Waals surface area contributed by atoms with Gasteiger partial charge in [0.25, 0.3) is 0 Å². The van der Waals surface area contributed by atoms with Crippen LogP contribution in [0, 0.1) is 0 Å². The zero-order chi connectivity index (χ0) is 17.9. The van der Waals surface area contributed by atoms with Crippen molar-refractivity contribution in [2.75, 3.05) is 27.4 Å². The minimum absolute atomic E-state index is 0.136. The number of ether oxygens (including phenoxy) is 2. The summed E-state index contributed by atoms with van der Waals surface area (Å²) in [7, 11) is 3.09. The van der Waals surface area contributed by atoms with E-state index in [1.54, 1.807) is 32.2 Å². The molecule has 0 aliphatic carbocycles. The van der Waals surface area contributed by atoms with Gasteiger partial charge in [0.15, 0.2) is 11.5 Å². The number of nitrogens with one attached hydrogen (secondary N) is 2. The van der Waals surface area contributed by atoms with Crippen LogP contribution in [-0.2, 0) is 9.59 Å². The Labute approximate surface area is 142 Å². The van der Waals surface area contributed by atoms with Crippen molar-refractivity contribution in [2.24, 2.45) is 0 Å². The molecule has 0 bridgehead atoms. The van der Waals surface area contributed by atoms with E-state index >= 15 is 0 Å². The van der Waals surface area contributed by atoms with E-state index in [0.29, 0.717) is 24.5 Å². The molecule has 0 heterocycles. The summed E-state index contributed by atoms with van der Waals surface area (Å²) in [5, 5.41) is 13.9. The maximum absolute atomic E-state index is 11.9. The summed E-state index contributed by atoms with van der Waals surface area (Å²) >= 11 is 0. The maximum atomic E-state index is 11.9. The van der Waals surface area contributed by atoms with Crippen LogP contribution in [0.5, 0.6) is 11.5 Å². The lowest BCUT2D eigenvalue weighted by Crippen LogP contribution is -2.41. The fourth-order valence-electron chi connectivity index (χ4n) is 2.16. The Balaban J connectivity index is 2.52. The number of hydrogen-bond acceptors (Lipinski definition) is 5. The zero-order valence-corrected chi connectivity index (χ0v) is 14.4. The Morgan fingerprint density at radius 2 is 1.79 bits per heavy atom. The molecule has 1 unspecified atom stereocenters. The molecular weight excluding hydrogens is 312 g/mol. The maximum Gasteiger partial charge on any atom is 0.309 e. The van der Waals surface area contributed by atoms with Crippen molar-refractivity contribution < 1.29 is 24.2 Å². The number of aliphatic hydroxyl groups excluding tert-OH is 1. The van der Waals surface area contributed by atoms with Gasteiger partial charge in [0.2, 0.25) is 0 Å². The van der Waals surface area contributed by atoms with Crippen LogP contribution in [0.3, 0.4) is 0 Å². The van der Waals surface area contributed by atoms with Crippen molar-refractivity contribution in [1.29, 1.82) is 0 Å². The predicted molar refractivity (Wildman–Crippen MR) is 90.1 cm³/mol. The molecule has 2 amide bonds. The first kappa shape index (κ1) is 19.8. The van der Waals surface area contributed by atoms with Crippen LogP contribution >= 0.6 is 0 Å². The molecule has 3 N–H and O–H groups in total. The molecular formula is C17H26N2O5. The normalized spacial score (nSPS) is 11.5. The quantitative estimate of drug-likeness (QED) is 0.464. The van der Waals surface area contributed by atoms with Gasteiger partial charge in [0, 0.05) is 13.2 Å². The van der Waals surface area contributed by atoms with E-state index < -0.39 is 11.8 Å². The average Bonchev–Trinajstić information content (AvgIpc) is 2.60. The molecule has 7 nitrogen and oxygen atoms in total. The minimum atomic E-state index is -0.681. The lowest BCUT2D eigenvalue weighted by Gasteiger charge is -2.16. The summed E-state index contributed by atoms with van der Waals surface area (Å²) in [5.74, 6) is -0.185. The van der Waals surface area contributed by atoms with E-state index in [2.05, 4.69) is 10.6 Å². The smallest absolute Gasteiger partial charge is 0.309 e. The molecule has 1 aromatic carbocycles. The predicted octanol–water partition coefficient (Wildman–Crippen LogP) is 1.16. The minimum Gasteiger partial charge on any atom is -0.493 e. The van der Waals surface area contributed by atoms with Crippen LogP contribution in [0.2, 0.25) is 0 Å². The Kier molecular flexibility index (Phi) is 8.64. The fraction of sp³-hybridized carbons (Fsp3) is 0.529. The second-order valence-electron chi connectivity index (χ2n) is 5.35. The molecule has 0 aliphatic rings. The van der Waals surface area contributed by atoms with E-state index in [-0.39, 0.29) is 12.6 Å². The number of hydrogen-bond donors (Lipinski definition) is 3. The zero-order valence-electron chi connectivity index (χ0n) is 14.4. The van der Waals surface area contributed by atoms with Crippen molar-refractivity contribution in [1.82, 2.24) is 10.6 Å². The van der Waals surface area contributed by atoms with Crippen molar-refractivity contribution in [2.45, 2.75) is 32.2 Å². The van der Waals surface area contributed by atoms with Gasteiger partial charge in [-0.05, 0) is 43.9 Å². The van der Waals surface area contributed by atoms with Gasteiger partial charge < -0.3 is 25.2 Å². The van der Waals surface area contributed by atoms with Gasteiger partial charge in [-0.1, -0.05) is 6.07 Å². The summed E-state index contributed by atoms with van der Waals surface area (Å²) in [6.45, 7) is 2.34. The number of aliphatic hydroxyl groups is 1. The van der Waals surface area contributed by atoms with Gasteiger partial charge in [0.05, 0.1) is 20.3 Å². The SMILES string of the molecule is COc1ccc(C(C)NC(=O)C(=O)NCCCCCO)cc1OC.